The number of carbonyl (C=O) groups excluding carboxylic acids is 3. The molecule has 4 heterocycles. The molecule has 0 unspecified atom stereocenters. The lowest BCUT2D eigenvalue weighted by atomic mass is 10.0. The minimum absolute atomic E-state index is 0. The van der Waals surface area contributed by atoms with Gasteiger partial charge in [-0.25, -0.2) is 14.0 Å². The van der Waals surface area contributed by atoms with E-state index in [0.29, 0.717) is 41.2 Å². The van der Waals surface area contributed by atoms with Crippen molar-refractivity contribution in [1.82, 2.24) is 29.3 Å². The van der Waals surface area contributed by atoms with Gasteiger partial charge in [-0.15, -0.1) is 0 Å². The van der Waals surface area contributed by atoms with E-state index in [1.54, 1.807) is 34.4 Å². The average molecular weight is 1100 g/mol. The van der Waals surface area contributed by atoms with E-state index < -0.39 is 44.3 Å². The number of nitrogen functional groups attached to an aromatic ring is 4. The van der Waals surface area contributed by atoms with E-state index in [0.717, 1.165) is 52.3 Å². The number of anilines is 6. The van der Waals surface area contributed by atoms with Crippen LogP contribution in [0.5, 0.6) is 0 Å². The number of amides is 2. The number of primary amides is 1. The minimum atomic E-state index is -0.949. The average Bonchev–Trinajstić information content (AvgIpc) is 4.10. The van der Waals surface area contributed by atoms with Crippen molar-refractivity contribution in [1.29, 1.82) is 10.5 Å². The van der Waals surface area contributed by atoms with Crippen molar-refractivity contribution in [3.05, 3.63) is 132 Å². The topological polar surface area (TPSA) is 384 Å². The SMILES string of the molecule is CC(C)(C)n1nc(-c2ccc(F)c([N+](=O)[O-])c2)c(C#N)c1N.CN1C(=O)Cc2cc(-c3nn(C(C)(C)C)c(N)c3C(N)=O)ccc21.CNc1ccc(-c2nn(C(C)(C)C)c(N)c2C#N)cc1N.F.O=Cc1ccc(F)c([N+](=O)[O-])c1. The summed E-state index contributed by atoms with van der Waals surface area (Å²) in [4.78, 5) is 54.8. The fraction of sp³-hybridized carbons (Fsp3) is 0.283. The third-order valence-corrected chi connectivity index (χ3v) is 11.9. The van der Waals surface area contributed by atoms with Gasteiger partial charge in [-0.1, -0.05) is 12.1 Å². The van der Waals surface area contributed by atoms with Crippen LogP contribution < -0.4 is 38.9 Å². The molecule has 0 aliphatic carbocycles. The van der Waals surface area contributed by atoms with Gasteiger partial charge in [0.15, 0.2) is 0 Å². The second-order valence-corrected chi connectivity index (χ2v) is 20.7. The van der Waals surface area contributed by atoms with Crippen LogP contribution in [0.4, 0.5) is 59.4 Å². The van der Waals surface area contributed by atoms with Crippen molar-refractivity contribution in [2.45, 2.75) is 85.4 Å². The van der Waals surface area contributed by atoms with Gasteiger partial charge in [0.05, 0.1) is 44.3 Å². The number of nitro groups is 2. The van der Waals surface area contributed by atoms with Crippen molar-refractivity contribution < 1.29 is 37.7 Å². The van der Waals surface area contributed by atoms with Crippen LogP contribution in [-0.4, -0.2) is 71.4 Å². The first-order valence-electron chi connectivity index (χ1n) is 23.8. The van der Waals surface area contributed by atoms with Crippen LogP contribution in [-0.2, 0) is 27.8 Å². The minimum Gasteiger partial charge on any atom is -0.397 e. The number of halogens is 3. The number of aromatic nitrogens is 6. The molecule has 0 saturated carbocycles. The third-order valence-electron chi connectivity index (χ3n) is 11.9. The van der Waals surface area contributed by atoms with E-state index in [2.05, 4.69) is 26.7 Å². The zero-order chi connectivity index (χ0) is 59.4. The maximum absolute atomic E-state index is 13.4. The van der Waals surface area contributed by atoms with Crippen LogP contribution in [0, 0.1) is 54.5 Å². The molecule has 4 aromatic carbocycles. The largest absolute Gasteiger partial charge is 0.397 e. The highest BCUT2D eigenvalue weighted by Gasteiger charge is 2.31. The molecule has 1 aliphatic heterocycles. The molecule has 1 aliphatic rings. The molecule has 0 spiro atoms. The highest BCUT2D eigenvalue weighted by atomic mass is 19.1. The van der Waals surface area contributed by atoms with Crippen LogP contribution in [0.3, 0.4) is 0 Å². The number of fused-ring (bicyclic) bond motifs is 1. The van der Waals surface area contributed by atoms with Crippen molar-refractivity contribution in [3.8, 4) is 45.9 Å². The summed E-state index contributed by atoms with van der Waals surface area (Å²) in [6.45, 7) is 17.4. The Morgan fingerprint density at radius 2 is 1.11 bits per heavy atom. The summed E-state index contributed by atoms with van der Waals surface area (Å²) >= 11 is 0. The second-order valence-electron chi connectivity index (χ2n) is 20.7. The van der Waals surface area contributed by atoms with Crippen molar-refractivity contribution in [2.24, 2.45) is 5.73 Å². The Morgan fingerprint density at radius 1 is 0.688 bits per heavy atom. The number of hydrogen-bond acceptors (Lipinski definition) is 17. The molecule has 2 amide bonds. The first-order valence-corrected chi connectivity index (χ1v) is 23.8. The highest BCUT2D eigenvalue weighted by Crippen LogP contribution is 2.37. The summed E-state index contributed by atoms with van der Waals surface area (Å²) in [6.07, 6.45) is 0.757. The highest BCUT2D eigenvalue weighted by molar-refractivity contribution is 6.05. The molecule has 0 bridgehead atoms. The second kappa shape index (κ2) is 23.9. The van der Waals surface area contributed by atoms with Gasteiger partial charge in [0.2, 0.25) is 17.5 Å². The lowest BCUT2D eigenvalue weighted by Crippen LogP contribution is -2.25. The number of likely N-dealkylation sites (N-methyl/N-ethyl adjacent to an activating group) is 1. The Hall–Kier alpha value is -10.3. The van der Waals surface area contributed by atoms with Gasteiger partial charge in [0.1, 0.15) is 69.7 Å². The van der Waals surface area contributed by atoms with E-state index in [4.69, 9.17) is 28.7 Å². The van der Waals surface area contributed by atoms with E-state index in [1.807, 2.05) is 98.7 Å². The van der Waals surface area contributed by atoms with Crippen molar-refractivity contribution >= 4 is 64.0 Å². The standard InChI is InChI=1S/C17H21N5O2.C15H20N6.C14H14FN5O2.C7H4FNO3.FH/c1-17(2,3)22-15(18)13(16(19)24)14(20-22)9-5-6-11-10(7-9)8-12(23)21(11)4;1-15(2,3)21-14(18)10(8-16)13(20-21)9-5-6-12(19-4)11(17)7-9;1-14(2,3)19-13(17)9(7-16)12(18-19)8-4-5-10(15)11(6-8)20(21)22;8-6-2-1-5(4-10)3-7(6)9(11)12;/h5-7H,8,18H2,1-4H3,(H2,19,24);5-7,19H,17-18H2,1-4H3;4-6H,17H2,1-3H3;1-4H;1H. The fourth-order valence-corrected chi connectivity index (χ4v) is 7.99. The summed E-state index contributed by atoms with van der Waals surface area (Å²) in [7, 11) is 3.55. The van der Waals surface area contributed by atoms with Gasteiger partial charge in [-0.2, -0.15) is 34.6 Å². The molecule has 80 heavy (non-hydrogen) atoms. The summed E-state index contributed by atoms with van der Waals surface area (Å²) in [5.74, 6) is -1.68. The van der Waals surface area contributed by atoms with Crippen LogP contribution in [0.1, 0.15) is 99.7 Å². The van der Waals surface area contributed by atoms with Gasteiger partial charge < -0.3 is 38.9 Å². The first kappa shape index (κ1) is 62.2. The quantitative estimate of drug-likeness (QED) is 0.0360. The number of nitriles is 2. The van der Waals surface area contributed by atoms with E-state index in [1.165, 1.54) is 16.8 Å². The molecule has 11 N–H and O–H groups in total. The maximum Gasteiger partial charge on any atom is 0.305 e. The Morgan fingerprint density at radius 3 is 1.55 bits per heavy atom. The molecule has 420 valence electrons. The molecule has 24 nitrogen and oxygen atoms in total. The number of rotatable bonds is 8. The third kappa shape index (κ3) is 13.1. The molecule has 0 radical (unpaired) electrons. The van der Waals surface area contributed by atoms with Crippen molar-refractivity contribution in [3.63, 3.8) is 0 Å². The summed E-state index contributed by atoms with van der Waals surface area (Å²) in [5, 5.41) is 56.0. The van der Waals surface area contributed by atoms with E-state index in [-0.39, 0.29) is 61.3 Å². The Balaban J connectivity index is 0.000000234. The smallest absolute Gasteiger partial charge is 0.305 e. The molecule has 0 atom stereocenters. The van der Waals surface area contributed by atoms with E-state index >= 15 is 0 Å². The monoisotopic (exact) mass is 1100 g/mol. The number of carbonyl (C=O) groups is 3. The van der Waals surface area contributed by atoms with Gasteiger partial charge in [0, 0.05) is 54.2 Å². The van der Waals surface area contributed by atoms with Crippen LogP contribution in [0.15, 0.2) is 72.8 Å². The number of nitro benzene ring substituents is 2. The lowest BCUT2D eigenvalue weighted by Gasteiger charge is -2.20. The number of aldehydes is 1. The van der Waals surface area contributed by atoms with Gasteiger partial charge in [-0.05, 0) is 116 Å². The Labute approximate surface area is 457 Å². The molecule has 27 heteroatoms. The molecule has 7 aromatic rings. The fourth-order valence-electron chi connectivity index (χ4n) is 7.99. The number of benzene rings is 4. The molecule has 3 aromatic heterocycles. The predicted molar refractivity (Wildman–Crippen MR) is 298 cm³/mol. The molecule has 0 fully saturated rings. The zero-order valence-corrected chi connectivity index (χ0v) is 45.5. The Kier molecular flexibility index (Phi) is 18.6. The summed E-state index contributed by atoms with van der Waals surface area (Å²) in [6, 6.07) is 21.5. The van der Waals surface area contributed by atoms with Crippen molar-refractivity contribution in [2.75, 3.05) is 47.2 Å². The van der Waals surface area contributed by atoms with E-state index in [9.17, 15) is 53.9 Å². The zero-order valence-electron chi connectivity index (χ0n) is 45.5. The van der Waals surface area contributed by atoms with Gasteiger partial charge in [-0.3, -0.25) is 39.3 Å². The lowest BCUT2D eigenvalue weighted by molar-refractivity contribution is -0.387. The summed E-state index contributed by atoms with van der Waals surface area (Å²) < 4.78 is 30.8. The number of nitrogens with one attached hydrogen (secondary N) is 1. The van der Waals surface area contributed by atoms with Gasteiger partial charge >= 0.3 is 11.4 Å². The molecular formula is C53H60F3N17O7. The van der Waals surface area contributed by atoms with Gasteiger partial charge in [0.25, 0.3) is 5.91 Å². The summed E-state index contributed by atoms with van der Waals surface area (Å²) in [5.41, 5.74) is 34.1. The first-order chi connectivity index (χ1) is 36.7. The maximum atomic E-state index is 13.4. The normalized spacial score (nSPS) is 11.7. The number of hydrogen-bond donors (Lipinski definition) is 6. The number of nitrogens with zero attached hydrogens (tertiary/aromatic N) is 11. The molecule has 8 rings (SSSR count). The molecule has 0 saturated heterocycles. The van der Waals surface area contributed by atoms with Crippen LogP contribution >= 0.6 is 0 Å². The predicted octanol–water partition coefficient (Wildman–Crippen LogP) is 8.39. The molecular weight excluding hydrogens is 1040 g/mol. The van der Waals surface area contributed by atoms with Crippen LogP contribution in [0.25, 0.3) is 33.8 Å². The number of nitrogens with two attached hydrogens (primary N) is 5. The van der Waals surface area contributed by atoms with Crippen LogP contribution in [0.2, 0.25) is 0 Å². The Bertz CT molecular complexity index is 3650.